The van der Waals surface area contributed by atoms with Crippen LogP contribution in [0, 0.1) is 0 Å². The molecule has 112 valence electrons. The Morgan fingerprint density at radius 3 is 0.100 bits per heavy atom. The molecule has 0 aliphatic rings. The van der Waals surface area contributed by atoms with Crippen LogP contribution in [0.4, 0.5) is 0 Å². The molecular formula is H32Na8S12. The van der Waals surface area contributed by atoms with Crippen LogP contribution in [0.2, 0.25) is 0 Å². The molecule has 0 radical (unpaired) electrons. The van der Waals surface area contributed by atoms with Crippen molar-refractivity contribution in [1.29, 1.82) is 0 Å². The summed E-state index contributed by atoms with van der Waals surface area (Å²) in [7, 11) is 0. The van der Waals surface area contributed by atoms with Gasteiger partial charge in [-0.25, -0.2) is 0 Å². The summed E-state index contributed by atoms with van der Waals surface area (Å²) in [6.45, 7) is 0. The van der Waals surface area contributed by atoms with Gasteiger partial charge in [0.25, 0.3) is 0 Å². The van der Waals surface area contributed by atoms with Gasteiger partial charge in [0.15, 0.2) is 0 Å². The maximum absolute atomic E-state index is 0. The molecule has 0 aromatic rings. The first-order valence-electron chi connectivity index (χ1n) is 0. The molecule has 0 aliphatic heterocycles. The molecule has 0 atom stereocenters. The van der Waals surface area contributed by atoms with E-state index in [1.165, 1.54) is 0 Å². The van der Waals surface area contributed by atoms with Crippen LogP contribution in [0.3, 0.4) is 0 Å². The van der Waals surface area contributed by atoms with Crippen molar-refractivity contribution in [2.45, 2.75) is 0 Å². The van der Waals surface area contributed by atoms with Gasteiger partial charge >= 0.3 is 236 Å². The van der Waals surface area contributed by atoms with E-state index in [0.29, 0.717) is 0 Å². The molecule has 0 fully saturated rings. The topological polar surface area (TPSA) is 0 Å². The molecule has 0 nitrogen and oxygen atoms in total. The van der Waals surface area contributed by atoms with E-state index in [2.05, 4.69) is 0 Å². The minimum atomic E-state index is 0. The number of rotatable bonds is 0. The maximum atomic E-state index is 0. The molecule has 0 bridgehead atoms. The Labute approximate surface area is 387 Å². The van der Waals surface area contributed by atoms with Crippen LogP contribution in [0.25, 0.3) is 0 Å². The monoisotopic (exact) mass is 600 g/mol. The van der Waals surface area contributed by atoms with Gasteiger partial charge in [0.1, 0.15) is 0 Å². The fourth-order valence-corrected chi connectivity index (χ4v) is 0. The second kappa shape index (κ2) is 191. The van der Waals surface area contributed by atoms with Crippen LogP contribution in [0.15, 0.2) is 0 Å². The molecule has 0 rings (SSSR count). The average molecular weight is 601 g/mol. The first-order chi connectivity index (χ1) is 0. The van der Waals surface area contributed by atoms with E-state index in [1.807, 2.05) is 0 Å². The Morgan fingerprint density at radius 1 is 0.100 bits per heavy atom. The quantitative estimate of drug-likeness (QED) is 0.250. The van der Waals surface area contributed by atoms with Gasteiger partial charge in [0.2, 0.25) is 0 Å². The summed E-state index contributed by atoms with van der Waals surface area (Å²) in [6, 6.07) is 0. The summed E-state index contributed by atoms with van der Waals surface area (Å²) >= 11 is 0. The summed E-state index contributed by atoms with van der Waals surface area (Å²) in [5.74, 6) is 0. The predicted octanol–water partition coefficient (Wildman–Crippen LogP) is -3.83. The molecule has 0 amide bonds. The van der Waals surface area contributed by atoms with Crippen LogP contribution in [0.1, 0.15) is 0 Å². The fraction of sp³-hybridized carbons (Fsp3) is 0. The molecule has 0 N–H and O–H groups in total. The van der Waals surface area contributed by atoms with Gasteiger partial charge in [-0.2, -0.15) is 162 Å². The van der Waals surface area contributed by atoms with Crippen molar-refractivity contribution in [2.75, 3.05) is 0 Å². The summed E-state index contributed by atoms with van der Waals surface area (Å²) in [5.41, 5.74) is 0. The van der Waals surface area contributed by atoms with Crippen molar-refractivity contribution in [3.8, 4) is 0 Å². The van der Waals surface area contributed by atoms with Crippen LogP contribution >= 0.6 is 162 Å². The normalized spacial score (nSPS) is 0. The van der Waals surface area contributed by atoms with Gasteiger partial charge in [-0.15, -0.1) is 0 Å². The molecular weight excluding hydrogens is 569 g/mol. The zero-order valence-electron chi connectivity index (χ0n) is 6.00. The van der Waals surface area contributed by atoms with Crippen molar-refractivity contribution < 1.29 is 0 Å². The third-order valence-corrected chi connectivity index (χ3v) is 0. The Bertz CT molecular complexity index is 19.4. The zero-order chi connectivity index (χ0) is 0. The van der Waals surface area contributed by atoms with E-state index >= 15 is 0 Å². The van der Waals surface area contributed by atoms with Crippen molar-refractivity contribution in [3.05, 3.63) is 0 Å². The van der Waals surface area contributed by atoms with Gasteiger partial charge in [-0.05, 0) is 0 Å². The van der Waals surface area contributed by atoms with Crippen molar-refractivity contribution in [3.63, 3.8) is 0 Å². The average Bonchev–Trinajstić information content (AvgIpc) is 0. The SMILES string of the molecule is S.S.S.S.S.S.S.S.S.S.S.S.[NaH].[NaH].[NaH].[NaH].[NaH].[NaH].[NaH].[NaH]. The summed E-state index contributed by atoms with van der Waals surface area (Å²) < 4.78 is 0. The molecule has 0 spiro atoms. The van der Waals surface area contributed by atoms with Crippen LogP contribution < -0.4 is 0 Å². The number of hydrogen-bond acceptors (Lipinski definition) is 0. The molecule has 20 heavy (non-hydrogen) atoms. The molecule has 0 aliphatic carbocycles. The zero-order valence-corrected chi connectivity index (χ0v) is 18.0. The number of hydrogen-bond donors (Lipinski definition) is 0. The Kier molecular flexibility index (Phi) is 2010. The van der Waals surface area contributed by atoms with E-state index in [-0.39, 0.29) is 398 Å². The van der Waals surface area contributed by atoms with E-state index in [4.69, 9.17) is 0 Å². The molecule has 0 saturated heterocycles. The molecule has 0 aromatic heterocycles. The van der Waals surface area contributed by atoms with Crippen LogP contribution in [-0.4, -0.2) is 236 Å². The van der Waals surface area contributed by atoms with Gasteiger partial charge < -0.3 is 0 Å². The third kappa shape index (κ3) is 173. The Balaban J connectivity index is 0. The van der Waals surface area contributed by atoms with Crippen LogP contribution in [-0.2, 0) is 0 Å². The van der Waals surface area contributed by atoms with E-state index in [1.54, 1.807) is 0 Å². The molecule has 20 heteroatoms. The molecule has 0 saturated carbocycles. The molecule has 0 aromatic carbocycles. The fourth-order valence-electron chi connectivity index (χ4n) is 0. The van der Waals surface area contributed by atoms with Gasteiger partial charge in [-0.3, -0.25) is 0 Å². The van der Waals surface area contributed by atoms with E-state index in [0.717, 1.165) is 0 Å². The van der Waals surface area contributed by atoms with Crippen molar-refractivity contribution >= 4 is 398 Å². The Morgan fingerprint density at radius 2 is 0.100 bits per heavy atom. The van der Waals surface area contributed by atoms with E-state index < -0.39 is 0 Å². The summed E-state index contributed by atoms with van der Waals surface area (Å²) in [4.78, 5) is 0. The summed E-state index contributed by atoms with van der Waals surface area (Å²) in [6.07, 6.45) is 0. The van der Waals surface area contributed by atoms with Gasteiger partial charge in [-0.1, -0.05) is 0 Å². The van der Waals surface area contributed by atoms with Crippen molar-refractivity contribution in [2.24, 2.45) is 0 Å². The van der Waals surface area contributed by atoms with Crippen molar-refractivity contribution in [1.82, 2.24) is 0 Å². The predicted molar refractivity (Wildman–Crippen MR) is 182 cm³/mol. The van der Waals surface area contributed by atoms with E-state index in [9.17, 15) is 0 Å². The Hall–Kier alpha value is 12.2. The minimum absolute atomic E-state index is 0. The first-order valence-corrected chi connectivity index (χ1v) is 0. The second-order valence-electron chi connectivity index (χ2n) is 0. The standard InChI is InChI=1S/8Na.12H2S.8H/h;;;;;;;;12*1H2;;;;;;;;. The van der Waals surface area contributed by atoms with Gasteiger partial charge in [0, 0.05) is 0 Å². The first kappa shape index (κ1) is 211. The second-order valence-corrected chi connectivity index (χ2v) is 0. The molecule has 0 unspecified atom stereocenters. The molecule has 0 heterocycles. The van der Waals surface area contributed by atoms with Gasteiger partial charge in [0.05, 0.1) is 0 Å². The summed E-state index contributed by atoms with van der Waals surface area (Å²) in [5, 5.41) is 0. The van der Waals surface area contributed by atoms with Crippen LogP contribution in [0.5, 0.6) is 0 Å². The third-order valence-electron chi connectivity index (χ3n) is 0.